The number of nitrogens with one attached hydrogen (secondary N) is 2. The third kappa shape index (κ3) is 3.89. The van der Waals surface area contributed by atoms with Crippen LogP contribution >= 0.6 is 0 Å². The molecule has 0 spiro atoms. The van der Waals surface area contributed by atoms with Gasteiger partial charge in [0.2, 0.25) is 0 Å². The van der Waals surface area contributed by atoms with E-state index in [1.54, 1.807) is 0 Å². The first kappa shape index (κ1) is 14.8. The number of hydrogen-bond donors (Lipinski definition) is 3. The van der Waals surface area contributed by atoms with Gasteiger partial charge in [-0.2, -0.15) is 0 Å². The number of carboxylic acids is 1. The van der Waals surface area contributed by atoms with Crippen molar-refractivity contribution in [2.24, 2.45) is 5.92 Å². The van der Waals surface area contributed by atoms with Crippen LogP contribution in [0.25, 0.3) is 0 Å². The zero-order valence-electron chi connectivity index (χ0n) is 11.5. The zero-order valence-corrected chi connectivity index (χ0v) is 11.5. The van der Waals surface area contributed by atoms with Gasteiger partial charge in [-0.25, -0.2) is 4.79 Å². The van der Waals surface area contributed by atoms with Crippen LogP contribution < -0.4 is 10.6 Å². The van der Waals surface area contributed by atoms with Gasteiger partial charge in [0.1, 0.15) is 0 Å². The molecule has 1 aliphatic carbocycles. The van der Waals surface area contributed by atoms with Gasteiger partial charge in [0.25, 0.3) is 0 Å². The van der Waals surface area contributed by atoms with Crippen molar-refractivity contribution in [3.63, 3.8) is 0 Å². The molecule has 5 nitrogen and oxygen atoms in total. The highest BCUT2D eigenvalue weighted by atomic mass is 16.4. The van der Waals surface area contributed by atoms with Gasteiger partial charge in [-0.05, 0) is 39.0 Å². The van der Waals surface area contributed by atoms with Gasteiger partial charge >= 0.3 is 12.0 Å². The molecule has 2 atom stereocenters. The van der Waals surface area contributed by atoms with Crippen molar-refractivity contribution < 1.29 is 14.7 Å². The summed E-state index contributed by atoms with van der Waals surface area (Å²) >= 11 is 0. The Balaban J connectivity index is 2.40. The maximum absolute atomic E-state index is 11.8. The predicted molar refractivity (Wildman–Crippen MR) is 69.4 cm³/mol. The number of rotatable bonds is 5. The van der Waals surface area contributed by atoms with Crippen molar-refractivity contribution in [1.29, 1.82) is 0 Å². The number of amides is 2. The summed E-state index contributed by atoms with van der Waals surface area (Å²) in [5.41, 5.74) is -0.186. The van der Waals surface area contributed by atoms with Crippen LogP contribution in [0.15, 0.2) is 0 Å². The van der Waals surface area contributed by atoms with E-state index in [1.165, 1.54) is 0 Å². The molecule has 18 heavy (non-hydrogen) atoms. The number of urea groups is 1. The van der Waals surface area contributed by atoms with Crippen molar-refractivity contribution in [3.8, 4) is 0 Å². The quantitative estimate of drug-likeness (QED) is 0.705. The fourth-order valence-corrected chi connectivity index (χ4v) is 2.26. The SMILES string of the molecule is CCC(C)(CC)NC(=O)N[C@H]1CC[C@@H](C(=O)O)C1. The number of aliphatic carboxylic acids is 1. The lowest BCUT2D eigenvalue weighted by Crippen LogP contribution is -2.51. The summed E-state index contributed by atoms with van der Waals surface area (Å²) in [5, 5.41) is 14.7. The number of carboxylic acid groups (broad SMARTS) is 1. The van der Waals surface area contributed by atoms with Gasteiger partial charge in [0, 0.05) is 11.6 Å². The monoisotopic (exact) mass is 256 g/mol. The average molecular weight is 256 g/mol. The maximum Gasteiger partial charge on any atom is 0.315 e. The van der Waals surface area contributed by atoms with Crippen LogP contribution in [0.5, 0.6) is 0 Å². The zero-order chi connectivity index (χ0) is 13.8. The Morgan fingerprint density at radius 2 is 1.89 bits per heavy atom. The van der Waals surface area contributed by atoms with Gasteiger partial charge in [0.05, 0.1) is 5.92 Å². The highest BCUT2D eigenvalue weighted by Gasteiger charge is 2.31. The molecule has 1 rings (SSSR count). The minimum Gasteiger partial charge on any atom is -0.481 e. The second kappa shape index (κ2) is 6.07. The summed E-state index contributed by atoms with van der Waals surface area (Å²) in [4.78, 5) is 22.7. The Kier molecular flexibility index (Phi) is 4.99. The van der Waals surface area contributed by atoms with Crippen LogP contribution in [0.1, 0.15) is 52.9 Å². The topological polar surface area (TPSA) is 78.4 Å². The fraction of sp³-hybridized carbons (Fsp3) is 0.846. The predicted octanol–water partition coefficient (Wildman–Crippen LogP) is 2.12. The van der Waals surface area contributed by atoms with E-state index in [2.05, 4.69) is 10.6 Å². The Hall–Kier alpha value is -1.26. The standard InChI is InChI=1S/C13H24N2O3/c1-4-13(3,5-2)15-12(18)14-10-7-6-9(8-10)11(16)17/h9-10H,4-8H2,1-3H3,(H,16,17)(H2,14,15,18)/t9-,10+/m1/s1. The molecule has 0 aromatic carbocycles. The number of carbonyl (C=O) groups excluding carboxylic acids is 1. The molecule has 5 heteroatoms. The summed E-state index contributed by atoms with van der Waals surface area (Å²) in [6, 6.07) is -0.193. The van der Waals surface area contributed by atoms with E-state index in [4.69, 9.17) is 5.11 Å². The van der Waals surface area contributed by atoms with Gasteiger partial charge in [-0.1, -0.05) is 13.8 Å². The number of hydrogen-bond acceptors (Lipinski definition) is 2. The van der Waals surface area contributed by atoms with Crippen LogP contribution in [0.3, 0.4) is 0 Å². The Morgan fingerprint density at radius 3 is 2.33 bits per heavy atom. The van der Waals surface area contributed by atoms with Gasteiger partial charge < -0.3 is 15.7 Å². The smallest absolute Gasteiger partial charge is 0.315 e. The first-order valence-corrected chi connectivity index (χ1v) is 6.71. The molecule has 2 amide bonds. The fourth-order valence-electron chi connectivity index (χ4n) is 2.26. The third-order valence-corrected chi connectivity index (χ3v) is 4.09. The highest BCUT2D eigenvalue weighted by Crippen LogP contribution is 2.25. The molecule has 0 bridgehead atoms. The van der Waals surface area contributed by atoms with Crippen molar-refractivity contribution in [2.45, 2.75) is 64.5 Å². The Labute approximate surface area is 108 Å². The van der Waals surface area contributed by atoms with E-state index in [9.17, 15) is 9.59 Å². The van der Waals surface area contributed by atoms with Crippen LogP contribution in [-0.4, -0.2) is 28.7 Å². The summed E-state index contributed by atoms with van der Waals surface area (Å²) in [7, 11) is 0. The molecule has 0 aromatic heterocycles. The van der Waals surface area contributed by atoms with Crippen molar-refractivity contribution in [3.05, 3.63) is 0 Å². The van der Waals surface area contributed by atoms with Crippen LogP contribution in [0.4, 0.5) is 4.79 Å². The third-order valence-electron chi connectivity index (χ3n) is 4.09. The Morgan fingerprint density at radius 1 is 1.28 bits per heavy atom. The first-order valence-electron chi connectivity index (χ1n) is 6.71. The lowest BCUT2D eigenvalue weighted by Gasteiger charge is -2.29. The largest absolute Gasteiger partial charge is 0.481 e. The van der Waals surface area contributed by atoms with E-state index in [1.807, 2.05) is 20.8 Å². The number of carbonyl (C=O) groups is 2. The molecular formula is C13H24N2O3. The van der Waals surface area contributed by atoms with Gasteiger partial charge in [0.15, 0.2) is 0 Å². The molecule has 0 aliphatic heterocycles. The van der Waals surface area contributed by atoms with Crippen molar-refractivity contribution in [1.82, 2.24) is 10.6 Å². The minimum atomic E-state index is -0.758. The molecular weight excluding hydrogens is 232 g/mol. The minimum absolute atomic E-state index is 0.0101. The van der Waals surface area contributed by atoms with E-state index in [-0.39, 0.29) is 23.5 Å². The van der Waals surface area contributed by atoms with E-state index < -0.39 is 5.97 Å². The molecule has 1 aliphatic rings. The van der Waals surface area contributed by atoms with E-state index in [0.29, 0.717) is 12.8 Å². The van der Waals surface area contributed by atoms with Crippen molar-refractivity contribution in [2.75, 3.05) is 0 Å². The van der Waals surface area contributed by atoms with E-state index in [0.717, 1.165) is 19.3 Å². The van der Waals surface area contributed by atoms with Crippen LogP contribution in [0.2, 0.25) is 0 Å². The lowest BCUT2D eigenvalue weighted by atomic mass is 9.96. The molecule has 3 N–H and O–H groups in total. The second-order valence-electron chi connectivity index (χ2n) is 5.41. The normalized spacial score (nSPS) is 23.7. The molecule has 104 valence electrons. The molecule has 0 aromatic rings. The van der Waals surface area contributed by atoms with Gasteiger partial charge in [-0.3, -0.25) is 4.79 Å². The summed E-state index contributed by atoms with van der Waals surface area (Å²) in [6.07, 6.45) is 3.69. The maximum atomic E-state index is 11.8. The van der Waals surface area contributed by atoms with Crippen LogP contribution in [0, 0.1) is 5.92 Å². The first-order chi connectivity index (χ1) is 8.40. The summed E-state index contributed by atoms with van der Waals surface area (Å²) < 4.78 is 0. The molecule has 0 unspecified atom stereocenters. The van der Waals surface area contributed by atoms with Crippen LogP contribution in [-0.2, 0) is 4.79 Å². The summed E-state index contributed by atoms with van der Waals surface area (Å²) in [6.45, 7) is 6.10. The highest BCUT2D eigenvalue weighted by molar-refractivity contribution is 5.75. The van der Waals surface area contributed by atoms with E-state index >= 15 is 0 Å². The average Bonchev–Trinajstić information content (AvgIpc) is 2.77. The lowest BCUT2D eigenvalue weighted by molar-refractivity contribution is -0.141. The molecule has 0 heterocycles. The Bertz CT molecular complexity index is 313. The van der Waals surface area contributed by atoms with Crippen molar-refractivity contribution >= 4 is 12.0 Å². The molecule has 1 saturated carbocycles. The molecule has 0 saturated heterocycles. The second-order valence-corrected chi connectivity index (χ2v) is 5.41. The molecule has 0 radical (unpaired) electrons. The van der Waals surface area contributed by atoms with Gasteiger partial charge in [-0.15, -0.1) is 0 Å². The summed E-state index contributed by atoms with van der Waals surface area (Å²) in [5.74, 6) is -1.06. The molecule has 1 fully saturated rings.